The molecule has 0 unspecified atom stereocenters. The van der Waals surface area contributed by atoms with Crippen LogP contribution in [0.25, 0.3) is 0 Å². The molecule has 0 bridgehead atoms. The fraction of sp³-hybridized carbons (Fsp3) is 0.462. The van der Waals surface area contributed by atoms with Crippen LogP contribution in [-0.2, 0) is 0 Å². The van der Waals surface area contributed by atoms with Gasteiger partial charge in [-0.15, -0.1) is 0 Å². The number of amides is 1. The number of carbonyl (C=O) groups excluding carboxylic acids is 1. The van der Waals surface area contributed by atoms with Gasteiger partial charge in [0.2, 0.25) is 0 Å². The minimum Gasteiger partial charge on any atom is -0.507 e. The number of hydrogen-bond acceptors (Lipinski definition) is 2. The highest BCUT2D eigenvalue weighted by Crippen LogP contribution is 2.32. The van der Waals surface area contributed by atoms with E-state index in [9.17, 15) is 9.90 Å². The maximum atomic E-state index is 12.2. The van der Waals surface area contributed by atoms with Gasteiger partial charge in [0.05, 0.1) is 11.1 Å². The van der Waals surface area contributed by atoms with Crippen LogP contribution in [0.5, 0.6) is 5.75 Å². The van der Waals surface area contributed by atoms with Crippen molar-refractivity contribution in [2.45, 2.75) is 31.2 Å². The van der Waals surface area contributed by atoms with E-state index in [0.29, 0.717) is 5.02 Å². The van der Waals surface area contributed by atoms with E-state index in [-0.39, 0.29) is 22.8 Å². The van der Waals surface area contributed by atoms with Gasteiger partial charge in [0, 0.05) is 10.4 Å². The number of nitrogens with one attached hydrogen (secondary N) is 1. The summed E-state index contributed by atoms with van der Waals surface area (Å²) < 4.78 is 0. The molecular formula is C13H15BrClNO2. The van der Waals surface area contributed by atoms with Gasteiger partial charge in [0.25, 0.3) is 5.91 Å². The second-order valence-corrected chi connectivity index (χ2v) is 5.73. The molecule has 98 valence electrons. The molecule has 1 aliphatic rings. The Bertz CT molecular complexity index is 458. The largest absolute Gasteiger partial charge is 0.507 e. The van der Waals surface area contributed by atoms with Crippen molar-refractivity contribution in [3.05, 3.63) is 28.8 Å². The van der Waals surface area contributed by atoms with Crippen molar-refractivity contribution in [3.8, 4) is 5.75 Å². The first-order chi connectivity index (χ1) is 8.56. The van der Waals surface area contributed by atoms with Crippen LogP contribution in [0.15, 0.2) is 18.2 Å². The Kier molecular flexibility index (Phi) is 4.17. The molecule has 1 aliphatic carbocycles. The molecule has 1 aromatic carbocycles. The first-order valence-electron chi connectivity index (χ1n) is 5.93. The van der Waals surface area contributed by atoms with Gasteiger partial charge in [-0.1, -0.05) is 40.4 Å². The van der Waals surface area contributed by atoms with Gasteiger partial charge in [0.1, 0.15) is 5.75 Å². The molecule has 0 radical (unpaired) electrons. The fourth-order valence-electron chi connectivity index (χ4n) is 2.35. The summed E-state index contributed by atoms with van der Waals surface area (Å²) in [5, 5.41) is 13.9. The Balaban J connectivity index is 2.16. The standard InChI is InChI=1S/C13H15BrClNO2/c14-8-13(5-1-2-6-13)16-12(18)10-4-3-9(15)7-11(10)17/h3-4,7,17H,1-2,5-6,8H2,(H,16,18). The summed E-state index contributed by atoms with van der Waals surface area (Å²) in [5.74, 6) is -0.326. The third kappa shape index (κ3) is 2.81. The van der Waals surface area contributed by atoms with Gasteiger partial charge >= 0.3 is 0 Å². The monoisotopic (exact) mass is 331 g/mol. The quantitative estimate of drug-likeness (QED) is 0.833. The van der Waals surface area contributed by atoms with Gasteiger partial charge in [-0.3, -0.25) is 4.79 Å². The molecule has 0 heterocycles. The predicted molar refractivity (Wildman–Crippen MR) is 75.6 cm³/mol. The molecule has 0 aromatic heterocycles. The average Bonchev–Trinajstić information content (AvgIpc) is 2.78. The molecule has 1 amide bonds. The van der Waals surface area contributed by atoms with Crippen LogP contribution >= 0.6 is 27.5 Å². The summed E-state index contributed by atoms with van der Waals surface area (Å²) in [6, 6.07) is 4.53. The highest BCUT2D eigenvalue weighted by atomic mass is 79.9. The molecule has 0 atom stereocenters. The summed E-state index contributed by atoms with van der Waals surface area (Å²) in [5.41, 5.74) is 0.0926. The molecule has 3 nitrogen and oxygen atoms in total. The lowest BCUT2D eigenvalue weighted by Crippen LogP contribution is -2.47. The summed E-state index contributed by atoms with van der Waals surface area (Å²) >= 11 is 9.21. The van der Waals surface area contributed by atoms with E-state index in [1.54, 1.807) is 12.1 Å². The van der Waals surface area contributed by atoms with E-state index in [0.717, 1.165) is 31.0 Å². The van der Waals surface area contributed by atoms with E-state index in [2.05, 4.69) is 21.2 Å². The number of rotatable bonds is 3. The first kappa shape index (κ1) is 13.7. The second kappa shape index (κ2) is 5.49. The Morgan fingerprint density at radius 2 is 2.11 bits per heavy atom. The number of alkyl halides is 1. The summed E-state index contributed by atoms with van der Waals surface area (Å²) in [7, 11) is 0. The number of hydrogen-bond donors (Lipinski definition) is 2. The Labute approximate surface area is 120 Å². The number of aromatic hydroxyl groups is 1. The predicted octanol–water partition coefficient (Wildman–Crippen LogP) is 3.48. The second-order valence-electron chi connectivity index (χ2n) is 4.74. The van der Waals surface area contributed by atoms with E-state index >= 15 is 0 Å². The molecule has 0 aliphatic heterocycles. The number of phenolic OH excluding ortho intramolecular Hbond substituents is 1. The van der Waals surface area contributed by atoms with Crippen LogP contribution in [0.2, 0.25) is 5.02 Å². The molecule has 1 fully saturated rings. The van der Waals surface area contributed by atoms with Crippen molar-refractivity contribution in [2.75, 3.05) is 5.33 Å². The van der Waals surface area contributed by atoms with Crippen molar-refractivity contribution in [1.82, 2.24) is 5.32 Å². The van der Waals surface area contributed by atoms with Crippen LogP contribution in [0.3, 0.4) is 0 Å². The van der Waals surface area contributed by atoms with Crippen LogP contribution in [-0.4, -0.2) is 21.9 Å². The van der Waals surface area contributed by atoms with Gasteiger partial charge in [-0.25, -0.2) is 0 Å². The smallest absolute Gasteiger partial charge is 0.255 e. The lowest BCUT2D eigenvalue weighted by Gasteiger charge is -2.28. The van der Waals surface area contributed by atoms with E-state index in [4.69, 9.17) is 11.6 Å². The molecule has 18 heavy (non-hydrogen) atoms. The maximum absolute atomic E-state index is 12.2. The molecule has 2 N–H and O–H groups in total. The number of halogens is 2. The molecule has 5 heteroatoms. The SMILES string of the molecule is O=C(NC1(CBr)CCCC1)c1ccc(Cl)cc1O. The minimum atomic E-state index is -0.245. The Morgan fingerprint density at radius 1 is 1.44 bits per heavy atom. The van der Waals surface area contributed by atoms with E-state index in [1.165, 1.54) is 6.07 Å². The zero-order valence-corrected chi connectivity index (χ0v) is 12.2. The summed E-state index contributed by atoms with van der Waals surface area (Å²) in [6.45, 7) is 0. The van der Waals surface area contributed by atoms with E-state index in [1.807, 2.05) is 0 Å². The first-order valence-corrected chi connectivity index (χ1v) is 7.43. The van der Waals surface area contributed by atoms with Crippen molar-refractivity contribution >= 4 is 33.4 Å². The Hall–Kier alpha value is -0.740. The van der Waals surface area contributed by atoms with Crippen LogP contribution in [0.1, 0.15) is 36.0 Å². The zero-order valence-electron chi connectivity index (χ0n) is 9.88. The van der Waals surface area contributed by atoms with Gasteiger partial charge in [0.15, 0.2) is 0 Å². The fourth-order valence-corrected chi connectivity index (χ4v) is 3.22. The topological polar surface area (TPSA) is 49.3 Å². The van der Waals surface area contributed by atoms with Crippen LogP contribution in [0.4, 0.5) is 0 Å². The molecule has 1 aromatic rings. The maximum Gasteiger partial charge on any atom is 0.255 e. The van der Waals surface area contributed by atoms with Gasteiger partial charge < -0.3 is 10.4 Å². The summed E-state index contributed by atoms with van der Waals surface area (Å²) in [6.07, 6.45) is 4.19. The van der Waals surface area contributed by atoms with Gasteiger partial charge in [-0.2, -0.15) is 0 Å². The van der Waals surface area contributed by atoms with Crippen molar-refractivity contribution in [2.24, 2.45) is 0 Å². The summed E-state index contributed by atoms with van der Waals surface area (Å²) in [4.78, 5) is 12.2. The lowest BCUT2D eigenvalue weighted by molar-refractivity contribution is 0.0907. The number of phenols is 1. The molecule has 0 saturated heterocycles. The zero-order chi connectivity index (χ0) is 13.2. The average molecular weight is 333 g/mol. The van der Waals surface area contributed by atoms with Crippen molar-refractivity contribution in [1.29, 1.82) is 0 Å². The molecule has 1 saturated carbocycles. The van der Waals surface area contributed by atoms with Crippen LogP contribution < -0.4 is 5.32 Å². The normalized spacial score (nSPS) is 17.7. The van der Waals surface area contributed by atoms with Crippen molar-refractivity contribution < 1.29 is 9.90 Å². The van der Waals surface area contributed by atoms with Gasteiger partial charge in [-0.05, 0) is 31.0 Å². The molecular weight excluding hydrogens is 318 g/mol. The number of benzene rings is 1. The number of carbonyl (C=O) groups is 1. The lowest BCUT2D eigenvalue weighted by atomic mass is 10.00. The third-order valence-corrected chi connectivity index (χ3v) is 4.71. The highest BCUT2D eigenvalue weighted by molar-refractivity contribution is 9.09. The van der Waals surface area contributed by atoms with Crippen molar-refractivity contribution in [3.63, 3.8) is 0 Å². The third-order valence-electron chi connectivity index (χ3n) is 3.40. The molecule has 0 spiro atoms. The highest BCUT2D eigenvalue weighted by Gasteiger charge is 2.34. The Morgan fingerprint density at radius 3 is 2.67 bits per heavy atom. The van der Waals surface area contributed by atoms with E-state index < -0.39 is 0 Å². The molecule has 2 rings (SSSR count). The van der Waals surface area contributed by atoms with Crippen LogP contribution in [0, 0.1) is 0 Å². The minimum absolute atomic E-state index is 0.0808.